The van der Waals surface area contributed by atoms with E-state index in [1.54, 1.807) is 17.5 Å². The van der Waals surface area contributed by atoms with E-state index in [9.17, 15) is 9.59 Å². The summed E-state index contributed by atoms with van der Waals surface area (Å²) in [6.07, 6.45) is 3.54. The number of nitrogens with one attached hydrogen (secondary N) is 1. The molecular weight excluding hydrogens is 410 g/mol. The maximum atomic E-state index is 12.9. The highest BCUT2D eigenvalue weighted by Crippen LogP contribution is 2.37. The molecule has 1 N–H and O–H groups in total. The summed E-state index contributed by atoms with van der Waals surface area (Å²) >= 11 is 1.30. The van der Waals surface area contributed by atoms with E-state index in [2.05, 4.69) is 10.3 Å². The number of fused-ring (bicyclic) bond motifs is 1. The van der Waals surface area contributed by atoms with Crippen molar-refractivity contribution in [2.45, 2.75) is 27.7 Å². The number of nitrogens with zero attached hydrogens (tertiary/aromatic N) is 2. The largest absolute Gasteiger partial charge is 0.462 e. The number of ether oxygens (including phenoxy) is 1. The van der Waals surface area contributed by atoms with Crippen LogP contribution in [0.2, 0.25) is 0 Å². The summed E-state index contributed by atoms with van der Waals surface area (Å²) in [6, 6.07) is 9.89. The van der Waals surface area contributed by atoms with Crippen LogP contribution in [0.5, 0.6) is 0 Å². The van der Waals surface area contributed by atoms with Crippen LogP contribution in [-0.2, 0) is 4.74 Å². The van der Waals surface area contributed by atoms with Crippen molar-refractivity contribution in [3.05, 3.63) is 76.1 Å². The first-order valence-corrected chi connectivity index (χ1v) is 10.9. The Kier molecular flexibility index (Phi) is 5.61. The summed E-state index contributed by atoms with van der Waals surface area (Å²) in [5.41, 5.74) is 6.35. The zero-order valence-electron chi connectivity index (χ0n) is 17.9. The van der Waals surface area contributed by atoms with Gasteiger partial charge in [0.25, 0.3) is 5.91 Å². The van der Waals surface area contributed by atoms with Gasteiger partial charge in [-0.15, -0.1) is 11.3 Å². The minimum absolute atomic E-state index is 0.250. The van der Waals surface area contributed by atoms with Gasteiger partial charge in [-0.3, -0.25) is 4.79 Å². The number of imidazole rings is 1. The third-order valence-electron chi connectivity index (χ3n) is 5.16. The minimum Gasteiger partial charge on any atom is -0.462 e. The van der Waals surface area contributed by atoms with E-state index in [1.165, 1.54) is 16.9 Å². The Morgan fingerprint density at radius 2 is 1.94 bits per heavy atom. The molecule has 0 bridgehead atoms. The molecule has 0 radical (unpaired) electrons. The summed E-state index contributed by atoms with van der Waals surface area (Å²) in [5.74, 6) is -0.835. The molecule has 0 saturated carbocycles. The number of benzene rings is 1. The second-order valence-corrected chi connectivity index (χ2v) is 8.30. The zero-order chi connectivity index (χ0) is 22.1. The molecule has 4 aromatic rings. The molecule has 31 heavy (non-hydrogen) atoms. The highest BCUT2D eigenvalue weighted by molar-refractivity contribution is 7.15. The first kappa shape index (κ1) is 20.8. The third-order valence-corrected chi connectivity index (χ3v) is 6.06. The lowest BCUT2D eigenvalue weighted by atomic mass is 9.99. The number of aryl methyl sites for hydroxylation is 3. The number of rotatable bonds is 5. The lowest BCUT2D eigenvalue weighted by Gasteiger charge is -2.09. The van der Waals surface area contributed by atoms with E-state index < -0.39 is 5.97 Å². The molecule has 0 aliphatic carbocycles. The summed E-state index contributed by atoms with van der Waals surface area (Å²) in [4.78, 5) is 30.1. The topological polar surface area (TPSA) is 72.7 Å². The summed E-state index contributed by atoms with van der Waals surface area (Å²) < 4.78 is 7.08. The van der Waals surface area contributed by atoms with Crippen LogP contribution in [0.3, 0.4) is 0 Å². The molecule has 0 saturated heterocycles. The van der Waals surface area contributed by atoms with Crippen LogP contribution in [0.1, 0.15) is 44.5 Å². The van der Waals surface area contributed by atoms with Crippen molar-refractivity contribution < 1.29 is 14.3 Å². The van der Waals surface area contributed by atoms with E-state index in [1.807, 2.05) is 62.7 Å². The van der Waals surface area contributed by atoms with Gasteiger partial charge in [0.1, 0.15) is 21.9 Å². The van der Waals surface area contributed by atoms with Gasteiger partial charge in [-0.2, -0.15) is 0 Å². The van der Waals surface area contributed by atoms with Gasteiger partial charge in [0.05, 0.1) is 6.61 Å². The number of thiophene rings is 1. The van der Waals surface area contributed by atoms with Gasteiger partial charge in [0.2, 0.25) is 0 Å². The summed E-state index contributed by atoms with van der Waals surface area (Å²) in [5, 5.41) is 5.18. The quantitative estimate of drug-likeness (QED) is 0.427. The van der Waals surface area contributed by atoms with Gasteiger partial charge in [-0.05, 0) is 62.1 Å². The molecule has 6 nitrogen and oxygen atoms in total. The van der Waals surface area contributed by atoms with E-state index in [0.717, 1.165) is 22.3 Å². The zero-order valence-corrected chi connectivity index (χ0v) is 18.7. The number of aromatic nitrogens is 2. The molecule has 0 spiro atoms. The third kappa shape index (κ3) is 4.09. The molecule has 0 fully saturated rings. The van der Waals surface area contributed by atoms with Crippen LogP contribution < -0.4 is 5.32 Å². The van der Waals surface area contributed by atoms with Crippen molar-refractivity contribution in [3.8, 4) is 11.1 Å². The molecule has 158 valence electrons. The van der Waals surface area contributed by atoms with Gasteiger partial charge in [-0.25, -0.2) is 9.78 Å². The fourth-order valence-corrected chi connectivity index (χ4v) is 4.29. The normalized spacial score (nSPS) is 11.0. The Hall–Kier alpha value is -3.45. The molecule has 0 aliphatic heterocycles. The fourth-order valence-electron chi connectivity index (χ4n) is 3.34. The van der Waals surface area contributed by atoms with Crippen molar-refractivity contribution in [2.75, 3.05) is 11.9 Å². The van der Waals surface area contributed by atoms with Crippen LogP contribution in [0, 0.1) is 20.8 Å². The fraction of sp³-hybridized carbons (Fsp3) is 0.208. The standard InChI is InChI=1S/C24H23N3O3S/c1-5-30-24(29)21-18(17-7-6-15(3)16(4)11-17)13-31-23(21)26-22(28)19-12-27-9-8-14(2)10-20(27)25-19/h6-13H,5H2,1-4H3,(H,26,28). The molecule has 3 aromatic heterocycles. The van der Waals surface area contributed by atoms with Crippen LogP contribution in [0.25, 0.3) is 16.8 Å². The maximum Gasteiger partial charge on any atom is 0.341 e. The van der Waals surface area contributed by atoms with Crippen molar-refractivity contribution in [3.63, 3.8) is 0 Å². The number of hydrogen-bond acceptors (Lipinski definition) is 5. The first-order chi connectivity index (χ1) is 14.9. The van der Waals surface area contributed by atoms with E-state index >= 15 is 0 Å². The van der Waals surface area contributed by atoms with E-state index in [4.69, 9.17) is 4.74 Å². The average Bonchev–Trinajstić information content (AvgIpc) is 3.34. The van der Waals surface area contributed by atoms with Crippen molar-refractivity contribution >= 4 is 33.9 Å². The summed E-state index contributed by atoms with van der Waals surface area (Å²) in [6.45, 7) is 8.06. The van der Waals surface area contributed by atoms with Crippen LogP contribution in [0.15, 0.2) is 48.1 Å². The Labute approximate surface area is 184 Å². The predicted molar refractivity (Wildman–Crippen MR) is 123 cm³/mol. The molecule has 1 amide bonds. The number of anilines is 1. The number of carbonyl (C=O) groups excluding carboxylic acids is 2. The molecular formula is C24H23N3O3S. The van der Waals surface area contributed by atoms with Gasteiger partial charge < -0.3 is 14.5 Å². The molecule has 7 heteroatoms. The van der Waals surface area contributed by atoms with Gasteiger partial charge in [0.15, 0.2) is 0 Å². The predicted octanol–water partition coefficient (Wildman–Crippen LogP) is 5.42. The van der Waals surface area contributed by atoms with Crippen LogP contribution in [0.4, 0.5) is 5.00 Å². The van der Waals surface area contributed by atoms with Crippen molar-refractivity contribution in [1.29, 1.82) is 0 Å². The second-order valence-electron chi connectivity index (χ2n) is 7.42. The Balaban J connectivity index is 1.71. The molecule has 1 aromatic carbocycles. The molecule has 3 heterocycles. The number of carbonyl (C=O) groups is 2. The van der Waals surface area contributed by atoms with Gasteiger partial charge in [0, 0.05) is 23.3 Å². The van der Waals surface area contributed by atoms with Crippen LogP contribution >= 0.6 is 11.3 Å². The monoisotopic (exact) mass is 433 g/mol. The smallest absolute Gasteiger partial charge is 0.341 e. The van der Waals surface area contributed by atoms with E-state index in [-0.39, 0.29) is 18.2 Å². The number of amides is 1. The van der Waals surface area contributed by atoms with Crippen LogP contribution in [-0.4, -0.2) is 27.9 Å². The van der Waals surface area contributed by atoms with Gasteiger partial charge >= 0.3 is 5.97 Å². The molecule has 4 rings (SSSR count). The maximum absolute atomic E-state index is 12.9. The highest BCUT2D eigenvalue weighted by Gasteiger charge is 2.24. The second kappa shape index (κ2) is 8.35. The summed E-state index contributed by atoms with van der Waals surface area (Å²) in [7, 11) is 0. The minimum atomic E-state index is -0.460. The first-order valence-electron chi connectivity index (χ1n) is 10.00. The average molecular weight is 434 g/mol. The Morgan fingerprint density at radius 1 is 1.13 bits per heavy atom. The lowest BCUT2D eigenvalue weighted by Crippen LogP contribution is -2.15. The Bertz CT molecular complexity index is 1300. The van der Waals surface area contributed by atoms with Crippen molar-refractivity contribution in [2.24, 2.45) is 0 Å². The van der Waals surface area contributed by atoms with Crippen molar-refractivity contribution in [1.82, 2.24) is 9.38 Å². The number of esters is 1. The number of pyridine rings is 1. The van der Waals surface area contributed by atoms with E-state index in [0.29, 0.717) is 16.2 Å². The SMILES string of the molecule is CCOC(=O)c1c(-c2ccc(C)c(C)c2)csc1NC(=O)c1cn2ccc(C)cc2n1. The molecule has 0 aliphatic rings. The number of hydrogen-bond donors (Lipinski definition) is 1. The highest BCUT2D eigenvalue weighted by atomic mass is 32.1. The lowest BCUT2D eigenvalue weighted by molar-refractivity contribution is 0.0529. The molecule has 0 atom stereocenters. The Morgan fingerprint density at radius 3 is 2.68 bits per heavy atom. The molecule has 0 unspecified atom stereocenters. The van der Waals surface area contributed by atoms with Gasteiger partial charge in [-0.1, -0.05) is 18.2 Å².